The second-order valence-electron chi connectivity index (χ2n) is 7.56. The van der Waals surface area contributed by atoms with Crippen molar-refractivity contribution in [3.8, 4) is 0 Å². The van der Waals surface area contributed by atoms with Crippen LogP contribution in [-0.4, -0.2) is 41.0 Å². The van der Waals surface area contributed by atoms with Crippen molar-refractivity contribution in [2.45, 2.75) is 38.6 Å². The van der Waals surface area contributed by atoms with Gasteiger partial charge < -0.3 is 9.72 Å². The van der Waals surface area contributed by atoms with Crippen LogP contribution in [0, 0.1) is 11.8 Å². The van der Waals surface area contributed by atoms with Gasteiger partial charge in [-0.1, -0.05) is 19.3 Å². The van der Waals surface area contributed by atoms with Crippen LogP contribution < -0.4 is 5.56 Å². The van der Waals surface area contributed by atoms with E-state index in [4.69, 9.17) is 4.74 Å². The molecule has 0 amide bonds. The number of aromatic nitrogens is 2. The molecule has 6 nitrogen and oxygen atoms in total. The summed E-state index contributed by atoms with van der Waals surface area (Å²) in [6.07, 6.45) is 6.67. The highest BCUT2D eigenvalue weighted by atomic mass is 16.5. The predicted octanol–water partition coefficient (Wildman–Crippen LogP) is 2.72. The number of nitrogens with one attached hydrogen (secondary N) is 1. The number of carbonyl (C=O) groups is 1. The second kappa shape index (κ2) is 7.19. The molecule has 1 aromatic heterocycles. The van der Waals surface area contributed by atoms with Gasteiger partial charge in [0.2, 0.25) is 0 Å². The van der Waals surface area contributed by atoms with E-state index in [9.17, 15) is 9.59 Å². The zero-order valence-electron chi connectivity index (χ0n) is 15.2. The van der Waals surface area contributed by atoms with Crippen LogP contribution in [0.4, 0.5) is 0 Å². The number of benzene rings is 1. The molecule has 6 heteroatoms. The van der Waals surface area contributed by atoms with E-state index in [2.05, 4.69) is 14.9 Å². The van der Waals surface area contributed by atoms with Crippen molar-refractivity contribution in [3.05, 3.63) is 39.9 Å². The van der Waals surface area contributed by atoms with Crippen LogP contribution in [-0.2, 0) is 11.3 Å². The maximum absolute atomic E-state index is 12.4. The summed E-state index contributed by atoms with van der Waals surface area (Å²) in [7, 11) is 1.35. The number of hydrogen-bond acceptors (Lipinski definition) is 5. The number of aromatic amines is 1. The first-order valence-corrected chi connectivity index (χ1v) is 9.47. The predicted molar refractivity (Wildman–Crippen MR) is 99.0 cm³/mol. The number of hydrogen-bond donors (Lipinski definition) is 1. The number of piperidine rings is 1. The number of methoxy groups -OCH3 is 1. The van der Waals surface area contributed by atoms with E-state index >= 15 is 0 Å². The van der Waals surface area contributed by atoms with E-state index < -0.39 is 5.97 Å². The topological polar surface area (TPSA) is 75.3 Å². The molecule has 1 aliphatic heterocycles. The number of nitrogens with zero attached hydrogens (tertiary/aromatic N) is 2. The highest BCUT2D eigenvalue weighted by molar-refractivity contribution is 5.93. The fourth-order valence-electron chi connectivity index (χ4n) is 4.54. The molecule has 1 aromatic carbocycles. The summed E-state index contributed by atoms with van der Waals surface area (Å²) in [4.78, 5) is 34.0. The molecule has 1 saturated carbocycles. The van der Waals surface area contributed by atoms with Crippen LogP contribution in [0.2, 0.25) is 0 Å². The molecule has 0 radical (unpaired) electrons. The Kier molecular flexibility index (Phi) is 4.76. The molecule has 2 fully saturated rings. The molecule has 0 bridgehead atoms. The standard InChI is InChI=1S/C20H25N3O3/c1-26-20(25)14-6-7-16-17(10-14)21-18(22-19(16)24)12-23-9-8-13-4-2-3-5-15(13)11-23/h6-7,10,13,15H,2-5,8-9,11-12H2,1H3,(H,21,22,24)/t13-,15+/m0/s1. The van der Waals surface area contributed by atoms with E-state index in [0.717, 1.165) is 24.9 Å². The van der Waals surface area contributed by atoms with Gasteiger partial charge in [-0.3, -0.25) is 9.69 Å². The van der Waals surface area contributed by atoms with Gasteiger partial charge in [0.15, 0.2) is 0 Å². The summed E-state index contributed by atoms with van der Waals surface area (Å²) in [6, 6.07) is 4.86. The number of rotatable bonds is 3. The number of ether oxygens (including phenoxy) is 1. The first-order chi connectivity index (χ1) is 12.6. The minimum absolute atomic E-state index is 0.158. The van der Waals surface area contributed by atoms with Crippen LogP contribution in [0.3, 0.4) is 0 Å². The molecule has 1 N–H and O–H groups in total. The Bertz CT molecular complexity index is 876. The van der Waals surface area contributed by atoms with Crippen LogP contribution in [0.1, 0.15) is 48.3 Å². The third kappa shape index (κ3) is 3.38. The third-order valence-corrected chi connectivity index (χ3v) is 5.93. The maximum Gasteiger partial charge on any atom is 0.337 e. The maximum atomic E-state index is 12.4. The SMILES string of the molecule is COC(=O)c1ccc2c(=O)[nH]c(CN3CC[C@@H]4CCCC[C@@H]4C3)nc2c1. The van der Waals surface area contributed by atoms with Gasteiger partial charge in [0, 0.05) is 6.54 Å². The summed E-state index contributed by atoms with van der Waals surface area (Å²) in [5, 5.41) is 0.493. The van der Waals surface area contributed by atoms with Crippen molar-refractivity contribution in [1.82, 2.24) is 14.9 Å². The van der Waals surface area contributed by atoms with Gasteiger partial charge in [0.25, 0.3) is 5.56 Å². The molecular weight excluding hydrogens is 330 g/mol. The lowest BCUT2D eigenvalue weighted by Gasteiger charge is -2.41. The van der Waals surface area contributed by atoms with E-state index in [-0.39, 0.29) is 5.56 Å². The zero-order chi connectivity index (χ0) is 18.1. The number of carbonyl (C=O) groups excluding carboxylic acids is 1. The summed E-state index contributed by atoms with van der Waals surface area (Å²) in [5.41, 5.74) is 0.792. The molecule has 1 saturated heterocycles. The number of fused-ring (bicyclic) bond motifs is 2. The quantitative estimate of drug-likeness (QED) is 0.857. The number of likely N-dealkylation sites (tertiary alicyclic amines) is 1. The van der Waals surface area contributed by atoms with Crippen molar-refractivity contribution in [2.75, 3.05) is 20.2 Å². The fraction of sp³-hybridized carbons (Fsp3) is 0.550. The highest BCUT2D eigenvalue weighted by Gasteiger charge is 2.31. The van der Waals surface area contributed by atoms with E-state index in [1.807, 2.05) is 0 Å². The highest BCUT2D eigenvalue weighted by Crippen LogP contribution is 2.36. The Hall–Kier alpha value is -2.21. The van der Waals surface area contributed by atoms with Gasteiger partial charge in [-0.15, -0.1) is 0 Å². The Morgan fingerprint density at radius 2 is 2.08 bits per heavy atom. The lowest BCUT2D eigenvalue weighted by Crippen LogP contribution is -2.41. The molecule has 26 heavy (non-hydrogen) atoms. The van der Waals surface area contributed by atoms with Gasteiger partial charge in [-0.25, -0.2) is 9.78 Å². The number of esters is 1. The molecular formula is C20H25N3O3. The minimum Gasteiger partial charge on any atom is -0.465 e. The lowest BCUT2D eigenvalue weighted by molar-refractivity contribution is 0.0601. The zero-order valence-corrected chi connectivity index (χ0v) is 15.2. The molecule has 2 aliphatic rings. The fourth-order valence-corrected chi connectivity index (χ4v) is 4.54. The largest absolute Gasteiger partial charge is 0.465 e. The summed E-state index contributed by atoms with van der Waals surface area (Å²) >= 11 is 0. The van der Waals surface area contributed by atoms with E-state index in [1.54, 1.807) is 18.2 Å². The van der Waals surface area contributed by atoms with Gasteiger partial charge in [0.1, 0.15) is 5.82 Å². The molecule has 0 unspecified atom stereocenters. The Morgan fingerprint density at radius 3 is 2.88 bits per heavy atom. The lowest BCUT2D eigenvalue weighted by atomic mass is 9.75. The van der Waals surface area contributed by atoms with Gasteiger partial charge in [-0.2, -0.15) is 0 Å². The minimum atomic E-state index is -0.421. The van der Waals surface area contributed by atoms with Crippen LogP contribution in [0.5, 0.6) is 0 Å². The van der Waals surface area contributed by atoms with Crippen molar-refractivity contribution >= 4 is 16.9 Å². The van der Waals surface area contributed by atoms with Crippen molar-refractivity contribution in [2.24, 2.45) is 11.8 Å². The second-order valence-corrected chi connectivity index (χ2v) is 7.56. The molecule has 2 atom stereocenters. The van der Waals surface area contributed by atoms with Crippen molar-refractivity contribution < 1.29 is 9.53 Å². The van der Waals surface area contributed by atoms with Crippen LogP contribution in [0.15, 0.2) is 23.0 Å². The smallest absolute Gasteiger partial charge is 0.337 e. The first kappa shape index (κ1) is 17.2. The average Bonchev–Trinajstić information content (AvgIpc) is 2.67. The van der Waals surface area contributed by atoms with Gasteiger partial charge in [0.05, 0.1) is 30.1 Å². The van der Waals surface area contributed by atoms with Gasteiger partial charge >= 0.3 is 5.97 Å². The van der Waals surface area contributed by atoms with Crippen molar-refractivity contribution in [1.29, 1.82) is 0 Å². The van der Waals surface area contributed by atoms with Gasteiger partial charge in [-0.05, 0) is 49.4 Å². The first-order valence-electron chi connectivity index (χ1n) is 9.47. The summed E-state index contributed by atoms with van der Waals surface area (Å²) in [6.45, 7) is 2.80. The molecule has 2 aromatic rings. The monoisotopic (exact) mass is 355 g/mol. The van der Waals surface area contributed by atoms with Crippen LogP contribution in [0.25, 0.3) is 10.9 Å². The normalized spacial score (nSPS) is 23.6. The Labute approximate surface area is 152 Å². The molecule has 1 aliphatic carbocycles. The Morgan fingerprint density at radius 1 is 1.27 bits per heavy atom. The van der Waals surface area contributed by atoms with E-state index in [0.29, 0.717) is 28.8 Å². The van der Waals surface area contributed by atoms with Crippen LogP contribution >= 0.6 is 0 Å². The number of H-pyrrole nitrogens is 1. The van der Waals surface area contributed by atoms with E-state index in [1.165, 1.54) is 39.2 Å². The average molecular weight is 355 g/mol. The molecule has 0 spiro atoms. The summed E-state index contributed by atoms with van der Waals surface area (Å²) in [5.74, 6) is 1.91. The molecule has 138 valence electrons. The Balaban J connectivity index is 1.56. The van der Waals surface area contributed by atoms with Crippen molar-refractivity contribution in [3.63, 3.8) is 0 Å². The molecule has 4 rings (SSSR count). The third-order valence-electron chi connectivity index (χ3n) is 5.93. The summed E-state index contributed by atoms with van der Waals surface area (Å²) < 4.78 is 4.76. The molecule has 2 heterocycles.